The third-order valence-electron chi connectivity index (χ3n) is 3.63. The Morgan fingerprint density at radius 3 is 2.19 bits per heavy atom. The van der Waals surface area contributed by atoms with E-state index in [-0.39, 0.29) is 4.90 Å². The van der Waals surface area contributed by atoms with E-state index in [1.165, 1.54) is 4.31 Å². The molecule has 8 heteroatoms. The number of halogens is 1. The van der Waals surface area contributed by atoms with E-state index in [9.17, 15) is 13.2 Å². The van der Waals surface area contributed by atoms with Gasteiger partial charge in [-0.3, -0.25) is 9.69 Å². The first-order valence-electron chi connectivity index (χ1n) is 6.55. The van der Waals surface area contributed by atoms with Gasteiger partial charge in [0.15, 0.2) is 0 Å². The number of nitrogens with zero attached hydrogens (tertiary/aromatic N) is 2. The van der Waals surface area contributed by atoms with Gasteiger partial charge >= 0.3 is 5.97 Å². The Bertz CT molecular complexity index is 610. The van der Waals surface area contributed by atoms with Crippen LogP contribution in [0.2, 0.25) is 0 Å². The minimum absolute atomic E-state index is 0.280. The molecule has 1 aliphatic rings. The number of carboxylic acid groups (broad SMARTS) is 1. The number of hydrogen-bond acceptors (Lipinski definition) is 4. The normalized spacial score (nSPS) is 19.3. The zero-order valence-corrected chi connectivity index (χ0v) is 14.5. The van der Waals surface area contributed by atoms with E-state index in [0.29, 0.717) is 26.2 Å². The van der Waals surface area contributed by atoms with E-state index in [1.54, 1.807) is 36.1 Å². The summed E-state index contributed by atoms with van der Waals surface area (Å²) < 4.78 is 27.4. The Labute approximate surface area is 137 Å². The summed E-state index contributed by atoms with van der Waals surface area (Å²) in [5.41, 5.74) is 0. The fraction of sp³-hybridized carbons (Fsp3) is 0.462. The molecule has 1 unspecified atom stereocenters. The molecule has 0 saturated carbocycles. The average molecular weight is 424 g/mol. The summed E-state index contributed by atoms with van der Waals surface area (Å²) >= 11 is 2.12. The summed E-state index contributed by atoms with van der Waals surface area (Å²) in [7, 11) is -3.49. The maximum absolute atomic E-state index is 12.5. The van der Waals surface area contributed by atoms with Crippen molar-refractivity contribution in [2.75, 3.05) is 26.2 Å². The summed E-state index contributed by atoms with van der Waals surface area (Å²) in [6, 6.07) is 6.13. The smallest absolute Gasteiger partial charge is 0.320 e. The van der Waals surface area contributed by atoms with Crippen molar-refractivity contribution in [3.8, 4) is 0 Å². The molecule has 1 fully saturated rings. The monoisotopic (exact) mass is 424 g/mol. The largest absolute Gasteiger partial charge is 0.480 e. The number of aliphatic carboxylic acids is 1. The maximum Gasteiger partial charge on any atom is 0.320 e. The van der Waals surface area contributed by atoms with E-state index in [1.807, 2.05) is 0 Å². The summed E-state index contributed by atoms with van der Waals surface area (Å²) in [6.07, 6.45) is 0. The number of hydrogen-bond donors (Lipinski definition) is 1. The molecule has 1 N–H and O–H groups in total. The third-order valence-corrected chi connectivity index (χ3v) is 6.26. The van der Waals surface area contributed by atoms with Gasteiger partial charge < -0.3 is 5.11 Å². The molecule has 6 nitrogen and oxygen atoms in total. The van der Waals surface area contributed by atoms with Gasteiger partial charge in [0, 0.05) is 29.7 Å². The lowest BCUT2D eigenvalue weighted by molar-refractivity contribution is -0.143. The Morgan fingerprint density at radius 1 is 1.19 bits per heavy atom. The number of piperazine rings is 1. The van der Waals surface area contributed by atoms with Gasteiger partial charge in [0.05, 0.1) is 4.90 Å². The number of rotatable bonds is 4. The molecule has 0 amide bonds. The third kappa shape index (κ3) is 3.74. The van der Waals surface area contributed by atoms with Crippen LogP contribution >= 0.6 is 22.6 Å². The van der Waals surface area contributed by atoms with Crippen molar-refractivity contribution in [1.82, 2.24) is 9.21 Å². The summed E-state index contributed by atoms with van der Waals surface area (Å²) in [6.45, 7) is 3.09. The van der Waals surface area contributed by atoms with Gasteiger partial charge in [0.1, 0.15) is 6.04 Å². The second-order valence-corrected chi connectivity index (χ2v) is 8.09. The minimum Gasteiger partial charge on any atom is -0.480 e. The lowest BCUT2D eigenvalue weighted by Crippen LogP contribution is -2.53. The zero-order valence-electron chi connectivity index (χ0n) is 11.6. The molecule has 1 heterocycles. The zero-order chi connectivity index (χ0) is 15.6. The Kier molecular flexibility index (Phi) is 5.23. The maximum atomic E-state index is 12.5. The van der Waals surface area contributed by atoms with Crippen LogP contribution in [0.4, 0.5) is 0 Å². The molecule has 116 valence electrons. The number of benzene rings is 1. The lowest BCUT2D eigenvalue weighted by Gasteiger charge is -2.35. The van der Waals surface area contributed by atoms with Crippen LogP contribution in [0.5, 0.6) is 0 Å². The van der Waals surface area contributed by atoms with Crippen LogP contribution in [0.25, 0.3) is 0 Å². The second kappa shape index (κ2) is 6.59. The van der Waals surface area contributed by atoms with Crippen LogP contribution in [0.1, 0.15) is 6.92 Å². The van der Waals surface area contributed by atoms with Gasteiger partial charge in [-0.05, 0) is 53.8 Å². The second-order valence-electron chi connectivity index (χ2n) is 4.91. The SMILES string of the molecule is CC(C(=O)O)N1CCN(S(=O)(=O)c2ccc(I)cc2)CC1. The predicted octanol–water partition coefficient (Wildman–Crippen LogP) is 1.07. The molecule has 1 saturated heterocycles. The van der Waals surface area contributed by atoms with E-state index in [0.717, 1.165) is 3.57 Å². The van der Waals surface area contributed by atoms with Crippen molar-refractivity contribution in [2.45, 2.75) is 17.9 Å². The molecular formula is C13H17IN2O4S. The van der Waals surface area contributed by atoms with Crippen molar-refractivity contribution >= 4 is 38.6 Å². The highest BCUT2D eigenvalue weighted by molar-refractivity contribution is 14.1. The average Bonchev–Trinajstić information content (AvgIpc) is 2.47. The first-order valence-corrected chi connectivity index (χ1v) is 9.07. The summed E-state index contributed by atoms with van der Waals surface area (Å²) in [4.78, 5) is 13.0. The van der Waals surface area contributed by atoms with E-state index in [2.05, 4.69) is 22.6 Å². The molecule has 1 atom stereocenters. The minimum atomic E-state index is -3.49. The van der Waals surface area contributed by atoms with Crippen LogP contribution in [0.15, 0.2) is 29.2 Å². The van der Waals surface area contributed by atoms with Crippen LogP contribution in [0.3, 0.4) is 0 Å². The van der Waals surface area contributed by atoms with Crippen molar-refractivity contribution in [2.24, 2.45) is 0 Å². The molecule has 0 aliphatic carbocycles. The standard InChI is InChI=1S/C13H17IN2O4S/c1-10(13(17)18)15-6-8-16(9-7-15)21(19,20)12-4-2-11(14)3-5-12/h2-5,10H,6-9H2,1H3,(H,17,18). The summed E-state index contributed by atoms with van der Waals surface area (Å²) in [5.74, 6) is -0.885. The lowest BCUT2D eigenvalue weighted by atomic mass is 10.2. The number of carboxylic acids is 1. The van der Waals surface area contributed by atoms with Gasteiger partial charge in [0.2, 0.25) is 10.0 Å². The summed E-state index contributed by atoms with van der Waals surface area (Å²) in [5, 5.41) is 8.99. The molecule has 0 bridgehead atoms. The van der Waals surface area contributed by atoms with Gasteiger partial charge in [-0.2, -0.15) is 4.31 Å². The van der Waals surface area contributed by atoms with Crippen LogP contribution in [0, 0.1) is 3.57 Å². The predicted molar refractivity (Wildman–Crippen MR) is 86.6 cm³/mol. The molecule has 1 aromatic carbocycles. The number of sulfonamides is 1. The molecule has 2 rings (SSSR count). The van der Waals surface area contributed by atoms with Crippen molar-refractivity contribution in [1.29, 1.82) is 0 Å². The van der Waals surface area contributed by atoms with Crippen molar-refractivity contribution in [3.63, 3.8) is 0 Å². The first kappa shape index (κ1) is 16.7. The Morgan fingerprint density at radius 2 is 1.71 bits per heavy atom. The molecule has 1 aliphatic heterocycles. The Balaban J connectivity index is 2.07. The van der Waals surface area contributed by atoms with Crippen molar-refractivity contribution < 1.29 is 18.3 Å². The molecule has 1 aromatic rings. The quantitative estimate of drug-likeness (QED) is 0.732. The topological polar surface area (TPSA) is 77.9 Å². The van der Waals surface area contributed by atoms with Gasteiger partial charge in [-0.15, -0.1) is 0 Å². The molecule has 0 spiro atoms. The van der Waals surface area contributed by atoms with Crippen LogP contribution in [-0.4, -0.2) is 60.9 Å². The fourth-order valence-corrected chi connectivity index (χ4v) is 4.02. The van der Waals surface area contributed by atoms with E-state index >= 15 is 0 Å². The highest BCUT2D eigenvalue weighted by atomic mass is 127. The van der Waals surface area contributed by atoms with Crippen molar-refractivity contribution in [3.05, 3.63) is 27.8 Å². The Hall–Kier alpha value is -0.710. The fourth-order valence-electron chi connectivity index (χ4n) is 2.24. The van der Waals surface area contributed by atoms with Gasteiger partial charge in [-0.25, -0.2) is 8.42 Å². The molecule has 0 aromatic heterocycles. The van der Waals surface area contributed by atoms with Crippen LogP contribution in [-0.2, 0) is 14.8 Å². The molecule has 21 heavy (non-hydrogen) atoms. The van der Waals surface area contributed by atoms with Gasteiger partial charge in [0.25, 0.3) is 0 Å². The van der Waals surface area contributed by atoms with E-state index in [4.69, 9.17) is 5.11 Å². The highest BCUT2D eigenvalue weighted by Crippen LogP contribution is 2.19. The van der Waals surface area contributed by atoms with Crippen LogP contribution < -0.4 is 0 Å². The number of carbonyl (C=O) groups is 1. The molecule has 0 radical (unpaired) electrons. The van der Waals surface area contributed by atoms with E-state index < -0.39 is 22.0 Å². The highest BCUT2D eigenvalue weighted by Gasteiger charge is 2.31. The molecular weight excluding hydrogens is 407 g/mol. The van der Waals surface area contributed by atoms with Gasteiger partial charge in [-0.1, -0.05) is 0 Å². The first-order chi connectivity index (χ1) is 9.82.